The van der Waals surface area contributed by atoms with E-state index in [9.17, 15) is 0 Å². The molecule has 1 rings (SSSR count). The van der Waals surface area contributed by atoms with Gasteiger partial charge in [-0.05, 0) is 11.4 Å². The van der Waals surface area contributed by atoms with Gasteiger partial charge in [0.1, 0.15) is 6.10 Å². The molecule has 3 heteroatoms. The van der Waals surface area contributed by atoms with Crippen molar-refractivity contribution >= 4 is 11.3 Å². The maximum Gasteiger partial charge on any atom is 0.100 e. The van der Waals surface area contributed by atoms with Gasteiger partial charge in [-0.15, -0.1) is 11.3 Å². The first kappa shape index (κ1) is 6.74. The monoisotopic (exact) mass is 143 g/mol. The molecule has 0 bridgehead atoms. The van der Waals surface area contributed by atoms with Crippen molar-refractivity contribution in [2.75, 3.05) is 6.54 Å². The van der Waals surface area contributed by atoms with Crippen LogP contribution in [0.4, 0.5) is 0 Å². The molecule has 9 heavy (non-hydrogen) atoms. The molecule has 0 aliphatic carbocycles. The molecule has 1 unspecified atom stereocenters. The molecule has 1 atom stereocenters. The van der Waals surface area contributed by atoms with Crippen LogP contribution in [-0.4, -0.2) is 11.7 Å². The lowest BCUT2D eigenvalue weighted by molar-refractivity contribution is 0.190. The summed E-state index contributed by atoms with van der Waals surface area (Å²) in [7, 11) is 0. The number of rotatable bonds is 2. The molecule has 0 radical (unpaired) electrons. The van der Waals surface area contributed by atoms with Crippen LogP contribution in [-0.2, 0) is 0 Å². The van der Waals surface area contributed by atoms with Crippen LogP contribution < -0.4 is 5.73 Å². The third kappa shape index (κ3) is 1.51. The summed E-state index contributed by atoms with van der Waals surface area (Å²) in [6, 6.07) is 3.78. The van der Waals surface area contributed by atoms with Crippen molar-refractivity contribution in [2.45, 2.75) is 6.10 Å². The third-order valence-corrected chi connectivity index (χ3v) is 2.07. The van der Waals surface area contributed by atoms with Crippen molar-refractivity contribution in [1.29, 1.82) is 0 Å². The summed E-state index contributed by atoms with van der Waals surface area (Å²) in [6.07, 6.45) is -0.468. The fourth-order valence-electron chi connectivity index (χ4n) is 0.597. The first-order valence-electron chi connectivity index (χ1n) is 2.76. The lowest BCUT2D eigenvalue weighted by Gasteiger charge is -2.01. The quantitative estimate of drug-likeness (QED) is 0.641. The maximum atomic E-state index is 9.10. The molecule has 0 fully saturated rings. The second-order valence-electron chi connectivity index (χ2n) is 1.77. The predicted molar refractivity (Wildman–Crippen MR) is 38.3 cm³/mol. The standard InChI is InChI=1S/C6H9NOS/c7-4-5(8)6-2-1-3-9-6/h1-3,5,8H,4,7H2. The summed E-state index contributed by atoms with van der Waals surface area (Å²) in [5.41, 5.74) is 5.22. The van der Waals surface area contributed by atoms with Crippen molar-refractivity contribution in [3.05, 3.63) is 22.4 Å². The van der Waals surface area contributed by atoms with Crippen molar-refractivity contribution in [3.63, 3.8) is 0 Å². The Kier molecular flexibility index (Phi) is 2.22. The van der Waals surface area contributed by atoms with E-state index in [1.54, 1.807) is 0 Å². The first-order chi connectivity index (χ1) is 4.34. The summed E-state index contributed by atoms with van der Waals surface area (Å²) in [5, 5.41) is 11.0. The smallest absolute Gasteiger partial charge is 0.100 e. The van der Waals surface area contributed by atoms with Gasteiger partial charge < -0.3 is 10.8 Å². The highest BCUT2D eigenvalue weighted by Gasteiger charge is 2.03. The Morgan fingerprint density at radius 2 is 2.56 bits per heavy atom. The summed E-state index contributed by atoms with van der Waals surface area (Å²) in [5.74, 6) is 0. The molecule has 1 aromatic rings. The van der Waals surface area contributed by atoms with E-state index in [1.807, 2.05) is 17.5 Å². The minimum Gasteiger partial charge on any atom is -0.386 e. The first-order valence-corrected chi connectivity index (χ1v) is 3.64. The van der Waals surface area contributed by atoms with Gasteiger partial charge in [-0.1, -0.05) is 6.07 Å². The minimum absolute atomic E-state index is 0.306. The Morgan fingerprint density at radius 1 is 1.78 bits per heavy atom. The van der Waals surface area contributed by atoms with Gasteiger partial charge in [0.15, 0.2) is 0 Å². The minimum atomic E-state index is -0.468. The van der Waals surface area contributed by atoms with E-state index >= 15 is 0 Å². The van der Waals surface area contributed by atoms with Crippen molar-refractivity contribution < 1.29 is 5.11 Å². The molecule has 1 aromatic heterocycles. The van der Waals surface area contributed by atoms with E-state index in [2.05, 4.69) is 0 Å². The Hall–Kier alpha value is -0.380. The normalized spacial score (nSPS) is 13.6. The van der Waals surface area contributed by atoms with Gasteiger partial charge in [0.25, 0.3) is 0 Å². The van der Waals surface area contributed by atoms with Gasteiger partial charge in [-0.2, -0.15) is 0 Å². The van der Waals surface area contributed by atoms with E-state index in [0.29, 0.717) is 6.54 Å². The fourth-order valence-corrected chi connectivity index (χ4v) is 1.32. The third-order valence-electron chi connectivity index (χ3n) is 1.09. The molecule has 0 aliphatic heterocycles. The summed E-state index contributed by atoms with van der Waals surface area (Å²) in [4.78, 5) is 0.942. The zero-order chi connectivity index (χ0) is 6.69. The maximum absolute atomic E-state index is 9.10. The molecule has 1 heterocycles. The van der Waals surface area contributed by atoms with Crippen LogP contribution in [0.3, 0.4) is 0 Å². The van der Waals surface area contributed by atoms with Gasteiger partial charge in [-0.25, -0.2) is 0 Å². The van der Waals surface area contributed by atoms with Crippen LogP contribution in [0.5, 0.6) is 0 Å². The highest BCUT2D eigenvalue weighted by molar-refractivity contribution is 7.10. The largest absolute Gasteiger partial charge is 0.386 e. The van der Waals surface area contributed by atoms with Crippen molar-refractivity contribution in [3.8, 4) is 0 Å². The molecule has 0 spiro atoms. The molecule has 50 valence electrons. The predicted octanol–water partition coefficient (Wildman–Crippen LogP) is 0.740. The highest BCUT2D eigenvalue weighted by atomic mass is 32.1. The second kappa shape index (κ2) is 2.96. The SMILES string of the molecule is NCC(O)c1cccs1. The highest BCUT2D eigenvalue weighted by Crippen LogP contribution is 2.16. The van der Waals surface area contributed by atoms with Crippen LogP contribution >= 0.6 is 11.3 Å². The molecule has 0 saturated carbocycles. The molecular formula is C6H9NOS. The number of hydrogen-bond donors (Lipinski definition) is 2. The van der Waals surface area contributed by atoms with Gasteiger partial charge in [0, 0.05) is 11.4 Å². The van der Waals surface area contributed by atoms with Gasteiger partial charge >= 0.3 is 0 Å². The Balaban J connectivity index is 2.65. The van der Waals surface area contributed by atoms with Gasteiger partial charge in [0.2, 0.25) is 0 Å². The summed E-state index contributed by atoms with van der Waals surface area (Å²) >= 11 is 1.53. The Morgan fingerprint density at radius 3 is 3.00 bits per heavy atom. The molecule has 3 N–H and O–H groups in total. The number of nitrogens with two attached hydrogens (primary N) is 1. The Labute approximate surface area is 57.9 Å². The number of aliphatic hydroxyl groups is 1. The molecule has 0 aromatic carbocycles. The summed E-state index contributed by atoms with van der Waals surface area (Å²) in [6.45, 7) is 0.306. The number of thiophene rings is 1. The van der Waals surface area contributed by atoms with Crippen LogP contribution in [0.25, 0.3) is 0 Å². The molecule has 0 amide bonds. The number of aliphatic hydroxyl groups excluding tert-OH is 1. The zero-order valence-corrected chi connectivity index (χ0v) is 5.77. The molecule has 0 aliphatic rings. The van der Waals surface area contributed by atoms with E-state index in [1.165, 1.54) is 11.3 Å². The van der Waals surface area contributed by atoms with Crippen LogP contribution in [0.2, 0.25) is 0 Å². The lowest BCUT2D eigenvalue weighted by atomic mass is 10.3. The van der Waals surface area contributed by atoms with Crippen LogP contribution in [0.15, 0.2) is 17.5 Å². The lowest BCUT2D eigenvalue weighted by Crippen LogP contribution is -2.09. The zero-order valence-electron chi connectivity index (χ0n) is 4.95. The fraction of sp³-hybridized carbons (Fsp3) is 0.333. The average molecular weight is 143 g/mol. The topological polar surface area (TPSA) is 46.2 Å². The van der Waals surface area contributed by atoms with Crippen molar-refractivity contribution in [2.24, 2.45) is 5.73 Å². The van der Waals surface area contributed by atoms with Gasteiger partial charge in [-0.3, -0.25) is 0 Å². The number of hydrogen-bond acceptors (Lipinski definition) is 3. The summed E-state index contributed by atoms with van der Waals surface area (Å²) < 4.78 is 0. The second-order valence-corrected chi connectivity index (χ2v) is 2.75. The van der Waals surface area contributed by atoms with Crippen LogP contribution in [0.1, 0.15) is 11.0 Å². The Bertz CT molecular complexity index is 162. The van der Waals surface area contributed by atoms with Crippen LogP contribution in [0, 0.1) is 0 Å². The molecular weight excluding hydrogens is 134 g/mol. The van der Waals surface area contributed by atoms with Crippen molar-refractivity contribution in [1.82, 2.24) is 0 Å². The van der Waals surface area contributed by atoms with E-state index in [-0.39, 0.29) is 0 Å². The average Bonchev–Trinajstić information content (AvgIpc) is 2.37. The van der Waals surface area contributed by atoms with E-state index in [0.717, 1.165) is 4.88 Å². The van der Waals surface area contributed by atoms with Gasteiger partial charge in [0.05, 0.1) is 0 Å². The van der Waals surface area contributed by atoms with E-state index < -0.39 is 6.10 Å². The molecule has 0 saturated heterocycles. The molecule has 2 nitrogen and oxygen atoms in total. The van der Waals surface area contributed by atoms with E-state index in [4.69, 9.17) is 10.8 Å².